The van der Waals surface area contributed by atoms with E-state index < -0.39 is 10.0 Å². The first-order chi connectivity index (χ1) is 11.9. The van der Waals surface area contributed by atoms with E-state index in [0.29, 0.717) is 5.56 Å². The van der Waals surface area contributed by atoms with Crippen molar-refractivity contribution >= 4 is 15.9 Å². The molecule has 1 unspecified atom stereocenters. The van der Waals surface area contributed by atoms with Crippen molar-refractivity contribution in [2.75, 3.05) is 20.6 Å². The average molecular weight is 358 g/mol. The van der Waals surface area contributed by atoms with Crippen LogP contribution in [0.1, 0.15) is 34.8 Å². The third kappa shape index (κ3) is 3.45. The maximum atomic E-state index is 12.9. The van der Waals surface area contributed by atoms with Crippen LogP contribution in [0, 0.1) is 0 Å². The molecule has 2 aromatic rings. The fraction of sp³-hybridized carbons (Fsp3) is 0.316. The number of rotatable bonds is 4. The SMILES string of the molecule is CN(C)S(=O)(=O)c1ccc(C(=O)N2CCCC2c2ccccc2)cc1. The van der Waals surface area contributed by atoms with Crippen molar-refractivity contribution in [3.05, 3.63) is 65.7 Å². The van der Waals surface area contributed by atoms with Crippen molar-refractivity contribution in [2.45, 2.75) is 23.8 Å². The summed E-state index contributed by atoms with van der Waals surface area (Å²) in [5.41, 5.74) is 1.65. The molecule has 0 aliphatic carbocycles. The molecule has 0 N–H and O–H groups in total. The van der Waals surface area contributed by atoms with Gasteiger partial charge in [-0.3, -0.25) is 4.79 Å². The zero-order chi connectivity index (χ0) is 18.0. The smallest absolute Gasteiger partial charge is 0.254 e. The highest BCUT2D eigenvalue weighted by Gasteiger charge is 2.30. The van der Waals surface area contributed by atoms with E-state index in [2.05, 4.69) is 0 Å². The Bertz CT molecular complexity index is 846. The quantitative estimate of drug-likeness (QED) is 0.844. The van der Waals surface area contributed by atoms with Gasteiger partial charge in [0.25, 0.3) is 5.91 Å². The van der Waals surface area contributed by atoms with Gasteiger partial charge < -0.3 is 4.90 Å². The van der Waals surface area contributed by atoms with Crippen LogP contribution in [0.3, 0.4) is 0 Å². The Labute approximate surface area is 148 Å². The molecule has 3 rings (SSSR count). The van der Waals surface area contributed by atoms with Gasteiger partial charge in [0.15, 0.2) is 0 Å². The largest absolute Gasteiger partial charge is 0.332 e. The monoisotopic (exact) mass is 358 g/mol. The molecule has 0 bridgehead atoms. The molecular formula is C19H22N2O3S. The Balaban J connectivity index is 1.83. The number of benzene rings is 2. The first kappa shape index (κ1) is 17.6. The van der Waals surface area contributed by atoms with Gasteiger partial charge >= 0.3 is 0 Å². The highest BCUT2D eigenvalue weighted by Crippen LogP contribution is 2.33. The second-order valence-corrected chi connectivity index (χ2v) is 8.53. The molecule has 1 fully saturated rings. The van der Waals surface area contributed by atoms with Crippen LogP contribution in [0.15, 0.2) is 59.5 Å². The number of carbonyl (C=O) groups excluding carboxylic acids is 1. The summed E-state index contributed by atoms with van der Waals surface area (Å²) in [6.45, 7) is 0.718. The minimum absolute atomic E-state index is 0.0554. The molecule has 0 radical (unpaired) electrons. The first-order valence-electron chi connectivity index (χ1n) is 8.30. The summed E-state index contributed by atoms with van der Waals surface area (Å²) in [6.07, 6.45) is 1.92. The zero-order valence-electron chi connectivity index (χ0n) is 14.4. The fourth-order valence-electron chi connectivity index (χ4n) is 3.18. The number of carbonyl (C=O) groups is 1. The highest BCUT2D eigenvalue weighted by atomic mass is 32.2. The van der Waals surface area contributed by atoms with E-state index in [9.17, 15) is 13.2 Å². The number of hydrogen-bond acceptors (Lipinski definition) is 3. The lowest BCUT2D eigenvalue weighted by molar-refractivity contribution is 0.0735. The summed E-state index contributed by atoms with van der Waals surface area (Å²) in [6, 6.07) is 16.3. The standard InChI is InChI=1S/C19H22N2O3S/c1-20(2)25(23,24)17-12-10-16(11-13-17)19(22)21-14-6-9-18(21)15-7-4-3-5-8-15/h3-5,7-8,10-13,18H,6,9,14H2,1-2H3. The van der Waals surface area contributed by atoms with Crippen molar-refractivity contribution in [3.63, 3.8) is 0 Å². The topological polar surface area (TPSA) is 57.7 Å². The van der Waals surface area contributed by atoms with Crippen LogP contribution >= 0.6 is 0 Å². The van der Waals surface area contributed by atoms with Crippen molar-refractivity contribution in [1.29, 1.82) is 0 Å². The van der Waals surface area contributed by atoms with E-state index in [0.717, 1.165) is 29.3 Å². The van der Waals surface area contributed by atoms with Crippen molar-refractivity contribution in [3.8, 4) is 0 Å². The molecule has 2 aromatic carbocycles. The fourth-order valence-corrected chi connectivity index (χ4v) is 4.08. The third-order valence-corrected chi connectivity index (χ3v) is 6.41. The molecule has 0 saturated carbocycles. The number of likely N-dealkylation sites (tertiary alicyclic amines) is 1. The molecule has 1 atom stereocenters. The summed E-state index contributed by atoms with van der Waals surface area (Å²) < 4.78 is 25.4. The molecule has 25 heavy (non-hydrogen) atoms. The van der Waals surface area contributed by atoms with Gasteiger partial charge in [0.1, 0.15) is 0 Å². The summed E-state index contributed by atoms with van der Waals surface area (Å²) in [5, 5.41) is 0. The van der Waals surface area contributed by atoms with Gasteiger partial charge in [0.05, 0.1) is 10.9 Å². The van der Waals surface area contributed by atoms with E-state index in [1.54, 1.807) is 12.1 Å². The van der Waals surface area contributed by atoms with E-state index in [-0.39, 0.29) is 16.8 Å². The lowest BCUT2D eigenvalue weighted by Crippen LogP contribution is -2.30. The Hall–Kier alpha value is -2.18. The van der Waals surface area contributed by atoms with E-state index >= 15 is 0 Å². The van der Waals surface area contributed by atoms with Crippen LogP contribution in [0.2, 0.25) is 0 Å². The predicted molar refractivity (Wildman–Crippen MR) is 96.8 cm³/mol. The minimum Gasteiger partial charge on any atom is -0.332 e. The molecule has 0 spiro atoms. The summed E-state index contributed by atoms with van der Waals surface area (Å²) in [5.74, 6) is -0.0554. The molecule has 1 amide bonds. The van der Waals surface area contributed by atoms with E-state index in [1.807, 2.05) is 35.2 Å². The Morgan fingerprint density at radius 1 is 1.04 bits per heavy atom. The van der Waals surface area contributed by atoms with Gasteiger partial charge in [-0.25, -0.2) is 12.7 Å². The lowest BCUT2D eigenvalue weighted by Gasteiger charge is -2.25. The summed E-state index contributed by atoms with van der Waals surface area (Å²) in [4.78, 5) is 15.0. The first-order valence-corrected chi connectivity index (χ1v) is 9.74. The molecule has 132 valence electrons. The van der Waals surface area contributed by atoms with Crippen LogP contribution in [-0.2, 0) is 10.0 Å². The Morgan fingerprint density at radius 3 is 2.28 bits per heavy atom. The highest BCUT2D eigenvalue weighted by molar-refractivity contribution is 7.89. The molecule has 1 saturated heterocycles. The summed E-state index contributed by atoms with van der Waals surface area (Å²) >= 11 is 0. The van der Waals surface area contributed by atoms with E-state index in [4.69, 9.17) is 0 Å². The molecule has 1 aliphatic rings. The molecule has 5 nitrogen and oxygen atoms in total. The predicted octanol–water partition coefficient (Wildman–Crippen LogP) is 2.91. The molecular weight excluding hydrogens is 336 g/mol. The maximum Gasteiger partial charge on any atom is 0.254 e. The van der Waals surface area contributed by atoms with Crippen molar-refractivity contribution < 1.29 is 13.2 Å². The van der Waals surface area contributed by atoms with Gasteiger partial charge in [-0.15, -0.1) is 0 Å². The van der Waals surface area contributed by atoms with E-state index in [1.165, 1.54) is 26.2 Å². The number of amides is 1. The molecule has 6 heteroatoms. The summed E-state index contributed by atoms with van der Waals surface area (Å²) in [7, 11) is -0.505. The molecule has 1 aliphatic heterocycles. The number of hydrogen-bond donors (Lipinski definition) is 0. The normalized spacial score (nSPS) is 17.9. The number of nitrogens with zero attached hydrogens (tertiary/aromatic N) is 2. The molecule has 0 aromatic heterocycles. The van der Waals surface area contributed by atoms with Crippen LogP contribution in [0.4, 0.5) is 0 Å². The Morgan fingerprint density at radius 2 is 1.68 bits per heavy atom. The minimum atomic E-state index is -3.48. The van der Waals surface area contributed by atoms with Crippen molar-refractivity contribution in [1.82, 2.24) is 9.21 Å². The van der Waals surface area contributed by atoms with Crippen LogP contribution in [-0.4, -0.2) is 44.2 Å². The average Bonchev–Trinajstić information content (AvgIpc) is 3.11. The van der Waals surface area contributed by atoms with Crippen LogP contribution in [0.25, 0.3) is 0 Å². The zero-order valence-corrected chi connectivity index (χ0v) is 15.2. The maximum absolute atomic E-state index is 12.9. The van der Waals surface area contributed by atoms with Crippen LogP contribution in [0.5, 0.6) is 0 Å². The van der Waals surface area contributed by atoms with Gasteiger partial charge in [-0.05, 0) is 42.7 Å². The van der Waals surface area contributed by atoms with Gasteiger partial charge in [0, 0.05) is 26.2 Å². The number of sulfonamides is 1. The van der Waals surface area contributed by atoms with Gasteiger partial charge in [0.2, 0.25) is 10.0 Å². The van der Waals surface area contributed by atoms with Gasteiger partial charge in [-0.2, -0.15) is 0 Å². The molecule has 1 heterocycles. The van der Waals surface area contributed by atoms with Gasteiger partial charge in [-0.1, -0.05) is 30.3 Å². The second-order valence-electron chi connectivity index (χ2n) is 6.38. The lowest BCUT2D eigenvalue weighted by atomic mass is 10.0. The van der Waals surface area contributed by atoms with Crippen LogP contribution < -0.4 is 0 Å². The third-order valence-electron chi connectivity index (χ3n) is 4.58. The second kappa shape index (κ2) is 6.98. The van der Waals surface area contributed by atoms with Crippen molar-refractivity contribution in [2.24, 2.45) is 0 Å². The Kier molecular flexibility index (Phi) is 4.92.